The quantitative estimate of drug-likeness (QED) is 0.765. The van der Waals surface area contributed by atoms with Gasteiger partial charge in [-0.25, -0.2) is 12.7 Å². The summed E-state index contributed by atoms with van der Waals surface area (Å²) in [6.45, 7) is 3.63. The number of benzene rings is 1. The Morgan fingerprint density at radius 2 is 2.07 bits per heavy atom. The third-order valence-electron chi connectivity index (χ3n) is 6.33. The van der Waals surface area contributed by atoms with Crippen molar-refractivity contribution in [3.05, 3.63) is 34.4 Å². The second-order valence-electron chi connectivity index (χ2n) is 8.22. The molecule has 0 radical (unpaired) electrons. The number of ether oxygens (including phenoxy) is 1. The fourth-order valence-electron chi connectivity index (χ4n) is 4.81. The van der Waals surface area contributed by atoms with E-state index in [0.29, 0.717) is 18.4 Å². The molecular formula is C20H27ClN2O3S. The Kier molecular flexibility index (Phi) is 5.27. The van der Waals surface area contributed by atoms with Crippen LogP contribution in [-0.4, -0.2) is 63.2 Å². The molecule has 5 nitrogen and oxygen atoms in total. The van der Waals surface area contributed by atoms with Crippen molar-refractivity contribution in [3.63, 3.8) is 0 Å². The molecule has 1 aromatic carbocycles. The summed E-state index contributed by atoms with van der Waals surface area (Å²) in [7, 11) is -1.39. The molecule has 0 N–H and O–H groups in total. The lowest BCUT2D eigenvalue weighted by Crippen LogP contribution is -2.40. The Hall–Kier alpha value is -1.08. The molecule has 0 aromatic heterocycles. The summed E-state index contributed by atoms with van der Waals surface area (Å²) in [5.41, 5.74) is 2.32. The summed E-state index contributed by atoms with van der Waals surface area (Å²) < 4.78 is 31.2. The van der Waals surface area contributed by atoms with E-state index >= 15 is 0 Å². The number of nitrogens with zero attached hydrogens (tertiary/aromatic N) is 2. The zero-order chi connectivity index (χ0) is 19.2. The lowest BCUT2D eigenvalue weighted by Gasteiger charge is -2.35. The standard InChI is InChI=1S/C20H27ClN2O3S/c1-22(27(2,24)25)19-9-15-5-6-23(12-17(15)10-19)11-14-7-16-8-18(21)3-4-20(16)26-13-14/h3-4,7-8,15,17,19H,5-6,9-13H2,1-2H3/t15-,17-,19+/m1/s1. The molecule has 2 fully saturated rings. The van der Waals surface area contributed by atoms with Crippen LogP contribution in [-0.2, 0) is 10.0 Å². The van der Waals surface area contributed by atoms with Crippen LogP contribution in [0.2, 0.25) is 5.02 Å². The van der Waals surface area contributed by atoms with Crippen LogP contribution >= 0.6 is 11.6 Å². The normalized spacial score (nSPS) is 28.4. The number of hydrogen-bond acceptors (Lipinski definition) is 4. The first-order valence-corrected chi connectivity index (χ1v) is 11.8. The zero-order valence-corrected chi connectivity index (χ0v) is 17.5. The van der Waals surface area contributed by atoms with Gasteiger partial charge in [0.1, 0.15) is 12.4 Å². The van der Waals surface area contributed by atoms with Gasteiger partial charge < -0.3 is 4.74 Å². The summed E-state index contributed by atoms with van der Waals surface area (Å²) in [6, 6.07) is 5.88. The van der Waals surface area contributed by atoms with Gasteiger partial charge >= 0.3 is 0 Å². The Bertz CT molecular complexity index is 855. The highest BCUT2D eigenvalue weighted by molar-refractivity contribution is 7.88. The zero-order valence-electron chi connectivity index (χ0n) is 15.9. The maximum Gasteiger partial charge on any atom is 0.211 e. The minimum atomic E-state index is -3.11. The lowest BCUT2D eigenvalue weighted by molar-refractivity contribution is 0.145. The second kappa shape index (κ2) is 7.39. The summed E-state index contributed by atoms with van der Waals surface area (Å²) in [5.74, 6) is 2.12. The molecule has 1 aromatic rings. The predicted octanol–water partition coefficient (Wildman–Crippen LogP) is 3.11. The van der Waals surface area contributed by atoms with E-state index in [9.17, 15) is 8.42 Å². The molecular weight excluding hydrogens is 384 g/mol. The maximum absolute atomic E-state index is 11.9. The second-order valence-corrected chi connectivity index (χ2v) is 10.7. The minimum absolute atomic E-state index is 0.154. The Morgan fingerprint density at radius 1 is 1.30 bits per heavy atom. The SMILES string of the molecule is CN([C@H]1C[C@H]2CCN(CC3=Cc4cc(Cl)ccc4OC3)C[C@H]2C1)S(C)(=O)=O. The topological polar surface area (TPSA) is 49.9 Å². The maximum atomic E-state index is 11.9. The van der Waals surface area contributed by atoms with Crippen LogP contribution in [0.25, 0.3) is 6.08 Å². The monoisotopic (exact) mass is 410 g/mol. The van der Waals surface area contributed by atoms with Gasteiger partial charge in [0.2, 0.25) is 10.0 Å². The molecule has 2 aliphatic heterocycles. The molecule has 27 heavy (non-hydrogen) atoms. The molecule has 7 heteroatoms. The third-order valence-corrected chi connectivity index (χ3v) is 7.91. The molecule has 0 amide bonds. The first-order valence-electron chi connectivity index (χ1n) is 9.57. The molecule has 0 spiro atoms. The minimum Gasteiger partial charge on any atom is -0.489 e. The van der Waals surface area contributed by atoms with E-state index in [1.54, 1.807) is 11.4 Å². The summed E-state index contributed by atoms with van der Waals surface area (Å²) in [4.78, 5) is 2.49. The van der Waals surface area contributed by atoms with Crippen molar-refractivity contribution in [1.82, 2.24) is 9.21 Å². The van der Waals surface area contributed by atoms with E-state index < -0.39 is 10.0 Å². The molecule has 148 valence electrons. The molecule has 1 saturated carbocycles. The largest absolute Gasteiger partial charge is 0.489 e. The summed E-state index contributed by atoms with van der Waals surface area (Å²) >= 11 is 6.11. The fourth-order valence-corrected chi connectivity index (χ4v) is 5.71. The van der Waals surface area contributed by atoms with E-state index in [2.05, 4.69) is 11.0 Å². The summed E-state index contributed by atoms with van der Waals surface area (Å²) in [6.07, 6.45) is 6.63. The van der Waals surface area contributed by atoms with E-state index in [1.807, 2.05) is 18.2 Å². The van der Waals surface area contributed by atoms with Crippen LogP contribution in [0.15, 0.2) is 23.8 Å². The number of halogens is 1. The van der Waals surface area contributed by atoms with Crippen LogP contribution in [0, 0.1) is 11.8 Å². The van der Waals surface area contributed by atoms with Crippen molar-refractivity contribution in [3.8, 4) is 5.75 Å². The van der Waals surface area contributed by atoms with Crippen molar-refractivity contribution >= 4 is 27.7 Å². The van der Waals surface area contributed by atoms with Crippen molar-refractivity contribution in [1.29, 1.82) is 0 Å². The predicted molar refractivity (Wildman–Crippen MR) is 109 cm³/mol. The number of hydrogen-bond donors (Lipinski definition) is 0. The van der Waals surface area contributed by atoms with Gasteiger partial charge in [-0.1, -0.05) is 11.6 Å². The molecule has 1 saturated heterocycles. The molecule has 0 unspecified atom stereocenters. The van der Waals surface area contributed by atoms with Gasteiger partial charge in [-0.15, -0.1) is 0 Å². The van der Waals surface area contributed by atoms with E-state index in [0.717, 1.165) is 55.2 Å². The van der Waals surface area contributed by atoms with Gasteiger partial charge in [-0.3, -0.25) is 4.90 Å². The van der Waals surface area contributed by atoms with Gasteiger partial charge in [0.25, 0.3) is 0 Å². The molecule has 1 aliphatic carbocycles. The van der Waals surface area contributed by atoms with Gasteiger partial charge in [-0.2, -0.15) is 0 Å². The fraction of sp³-hybridized carbons (Fsp3) is 0.600. The third kappa shape index (κ3) is 4.19. The Balaban J connectivity index is 1.39. The van der Waals surface area contributed by atoms with Crippen LogP contribution < -0.4 is 4.74 Å². The van der Waals surface area contributed by atoms with Crippen LogP contribution in [0.3, 0.4) is 0 Å². The molecule has 3 aliphatic rings. The molecule has 0 bridgehead atoms. The van der Waals surface area contributed by atoms with E-state index in [4.69, 9.17) is 16.3 Å². The van der Waals surface area contributed by atoms with Crippen molar-refractivity contribution < 1.29 is 13.2 Å². The molecule has 4 rings (SSSR count). The highest BCUT2D eigenvalue weighted by Gasteiger charge is 2.41. The van der Waals surface area contributed by atoms with Crippen LogP contribution in [0.4, 0.5) is 0 Å². The van der Waals surface area contributed by atoms with Crippen molar-refractivity contribution in [2.45, 2.75) is 25.3 Å². The lowest BCUT2D eigenvalue weighted by atomic mass is 9.88. The average Bonchev–Trinajstić information content (AvgIpc) is 3.03. The number of likely N-dealkylation sites (tertiary alicyclic amines) is 1. The average molecular weight is 411 g/mol. The number of rotatable bonds is 4. The molecule has 3 atom stereocenters. The summed E-state index contributed by atoms with van der Waals surface area (Å²) in [5, 5.41) is 0.725. The highest BCUT2D eigenvalue weighted by atomic mass is 35.5. The Labute approximate surface area is 167 Å². The number of fused-ring (bicyclic) bond motifs is 2. The van der Waals surface area contributed by atoms with E-state index in [1.165, 1.54) is 11.8 Å². The van der Waals surface area contributed by atoms with Crippen molar-refractivity contribution in [2.24, 2.45) is 11.8 Å². The van der Waals surface area contributed by atoms with Gasteiger partial charge in [0, 0.05) is 36.8 Å². The van der Waals surface area contributed by atoms with Gasteiger partial charge in [-0.05, 0) is 67.5 Å². The smallest absolute Gasteiger partial charge is 0.211 e. The molecule has 2 heterocycles. The highest BCUT2D eigenvalue weighted by Crippen LogP contribution is 2.40. The Morgan fingerprint density at radius 3 is 2.85 bits per heavy atom. The number of piperidine rings is 1. The first kappa shape index (κ1) is 19.2. The van der Waals surface area contributed by atoms with Crippen molar-refractivity contribution in [2.75, 3.05) is 39.5 Å². The number of sulfonamides is 1. The van der Waals surface area contributed by atoms with E-state index in [-0.39, 0.29) is 6.04 Å². The van der Waals surface area contributed by atoms with Gasteiger partial charge in [0.15, 0.2) is 0 Å². The van der Waals surface area contributed by atoms with Crippen LogP contribution in [0.5, 0.6) is 5.75 Å². The van der Waals surface area contributed by atoms with Gasteiger partial charge in [0.05, 0.1) is 6.26 Å². The van der Waals surface area contributed by atoms with Crippen LogP contribution in [0.1, 0.15) is 24.8 Å². The first-order chi connectivity index (χ1) is 12.8.